The minimum Gasteiger partial charge on any atom is -0.384 e. The minimum absolute atomic E-state index is 0.575. The van der Waals surface area contributed by atoms with Gasteiger partial charge in [-0.2, -0.15) is 0 Å². The Morgan fingerprint density at radius 1 is 0.704 bits per heavy atom. The van der Waals surface area contributed by atoms with Crippen LogP contribution in [0.15, 0.2) is 30.3 Å². The molecule has 0 bridgehead atoms. The molecule has 0 aliphatic carbocycles. The van der Waals surface area contributed by atoms with Gasteiger partial charge in [-0.1, -0.05) is 89.6 Å². The maximum absolute atomic E-state index is 11.2. The Morgan fingerprint density at radius 2 is 1.11 bits per heavy atom. The first-order valence-corrected chi connectivity index (χ1v) is 12.6. The van der Waals surface area contributed by atoms with E-state index in [2.05, 4.69) is 20.8 Å². The lowest BCUT2D eigenvalue weighted by Crippen LogP contribution is -2.52. The fourth-order valence-corrected chi connectivity index (χ4v) is 5.51. The summed E-state index contributed by atoms with van der Waals surface area (Å²) in [6.07, 6.45) is 9.61. The Morgan fingerprint density at radius 3 is 1.48 bits per heavy atom. The molecule has 0 heterocycles. The molecule has 1 aromatic carbocycles. The van der Waals surface area contributed by atoms with Crippen LogP contribution in [0, 0.1) is 0 Å². The smallest absolute Gasteiger partial charge is 0.384 e. The van der Waals surface area contributed by atoms with Gasteiger partial charge in [0.15, 0.2) is 0 Å². The van der Waals surface area contributed by atoms with Gasteiger partial charge in [0, 0.05) is 19.8 Å². The van der Waals surface area contributed by atoms with E-state index in [9.17, 15) is 5.11 Å². The van der Waals surface area contributed by atoms with Crippen LogP contribution in [0.3, 0.4) is 0 Å². The quantitative estimate of drug-likeness (QED) is 0.266. The van der Waals surface area contributed by atoms with Gasteiger partial charge in [0.2, 0.25) is 0 Å². The SMILES string of the molecule is CCCCCO[Si](OCCCCC)(OCCCCC)C(O)c1ccccc1. The monoisotopic (exact) mass is 396 g/mol. The van der Waals surface area contributed by atoms with Gasteiger partial charge in [0.1, 0.15) is 5.73 Å². The van der Waals surface area contributed by atoms with Gasteiger partial charge in [-0.3, -0.25) is 0 Å². The van der Waals surface area contributed by atoms with Crippen molar-refractivity contribution in [2.45, 2.75) is 84.3 Å². The highest BCUT2D eigenvalue weighted by Crippen LogP contribution is 2.29. The third-order valence-corrected chi connectivity index (χ3v) is 7.43. The maximum atomic E-state index is 11.2. The van der Waals surface area contributed by atoms with Crippen molar-refractivity contribution in [1.29, 1.82) is 0 Å². The van der Waals surface area contributed by atoms with Gasteiger partial charge in [-0.15, -0.1) is 0 Å². The zero-order valence-electron chi connectivity index (χ0n) is 17.6. The molecule has 5 heteroatoms. The summed E-state index contributed by atoms with van der Waals surface area (Å²) in [5.41, 5.74) is -0.0331. The van der Waals surface area contributed by atoms with Gasteiger partial charge < -0.3 is 18.4 Å². The Kier molecular flexibility index (Phi) is 13.7. The second kappa shape index (κ2) is 15.2. The van der Waals surface area contributed by atoms with Crippen molar-refractivity contribution in [2.24, 2.45) is 0 Å². The maximum Gasteiger partial charge on any atom is 0.535 e. The van der Waals surface area contributed by atoms with Crippen LogP contribution in [-0.4, -0.2) is 33.7 Å². The van der Waals surface area contributed by atoms with Crippen LogP contribution in [0.25, 0.3) is 0 Å². The molecule has 27 heavy (non-hydrogen) atoms. The van der Waals surface area contributed by atoms with Crippen LogP contribution in [0.4, 0.5) is 0 Å². The van der Waals surface area contributed by atoms with E-state index in [0.29, 0.717) is 19.8 Å². The highest BCUT2D eigenvalue weighted by Gasteiger charge is 2.50. The van der Waals surface area contributed by atoms with Crippen LogP contribution in [0.1, 0.15) is 89.8 Å². The molecule has 1 atom stereocenters. The summed E-state index contributed by atoms with van der Waals surface area (Å²) in [5, 5.41) is 11.2. The second-order valence-corrected chi connectivity index (χ2v) is 9.70. The van der Waals surface area contributed by atoms with Crippen molar-refractivity contribution in [3.05, 3.63) is 35.9 Å². The molecule has 1 rings (SSSR count). The summed E-state index contributed by atoms with van der Waals surface area (Å²) in [6.45, 7) is 8.24. The van der Waals surface area contributed by atoms with E-state index in [4.69, 9.17) is 13.3 Å². The Labute approximate surface area is 167 Å². The highest BCUT2D eigenvalue weighted by molar-refractivity contribution is 6.61. The lowest BCUT2D eigenvalue weighted by Gasteiger charge is -2.33. The van der Waals surface area contributed by atoms with E-state index in [0.717, 1.165) is 63.4 Å². The standard InChI is InChI=1S/C22H40O4Si/c1-4-7-13-18-24-27(25-19-14-8-5-2,26-20-15-9-6-3)22(23)21-16-11-10-12-17-21/h10-12,16-17,22-23H,4-9,13-15,18-20H2,1-3H3. The topological polar surface area (TPSA) is 47.9 Å². The van der Waals surface area contributed by atoms with Crippen molar-refractivity contribution >= 4 is 8.80 Å². The van der Waals surface area contributed by atoms with Gasteiger partial charge in [0.25, 0.3) is 0 Å². The number of aliphatic hydroxyl groups is 1. The van der Waals surface area contributed by atoms with Crippen molar-refractivity contribution in [3.8, 4) is 0 Å². The van der Waals surface area contributed by atoms with Crippen LogP contribution in [0.5, 0.6) is 0 Å². The lowest BCUT2D eigenvalue weighted by atomic mass is 10.2. The highest BCUT2D eigenvalue weighted by atomic mass is 28.4. The molecular weight excluding hydrogens is 356 g/mol. The zero-order chi connectivity index (χ0) is 19.8. The summed E-state index contributed by atoms with van der Waals surface area (Å²) >= 11 is 0. The summed E-state index contributed by atoms with van der Waals surface area (Å²) in [7, 11) is -3.23. The molecule has 0 fully saturated rings. The predicted molar refractivity (Wildman–Crippen MR) is 114 cm³/mol. The number of unbranched alkanes of at least 4 members (excludes halogenated alkanes) is 6. The van der Waals surface area contributed by atoms with E-state index in [1.54, 1.807) is 0 Å². The number of rotatable bonds is 17. The average Bonchev–Trinajstić information content (AvgIpc) is 2.71. The largest absolute Gasteiger partial charge is 0.535 e. The molecule has 0 radical (unpaired) electrons. The van der Waals surface area contributed by atoms with E-state index < -0.39 is 14.5 Å². The van der Waals surface area contributed by atoms with E-state index >= 15 is 0 Å². The average molecular weight is 397 g/mol. The van der Waals surface area contributed by atoms with Crippen molar-refractivity contribution in [3.63, 3.8) is 0 Å². The number of benzene rings is 1. The van der Waals surface area contributed by atoms with Crippen molar-refractivity contribution < 1.29 is 18.4 Å². The fourth-order valence-electron chi connectivity index (χ4n) is 2.90. The molecule has 1 N–H and O–H groups in total. The van der Waals surface area contributed by atoms with Crippen molar-refractivity contribution in [1.82, 2.24) is 0 Å². The molecule has 0 saturated carbocycles. The normalized spacial score (nSPS) is 13.0. The van der Waals surface area contributed by atoms with Crippen molar-refractivity contribution in [2.75, 3.05) is 19.8 Å². The summed E-state index contributed by atoms with van der Waals surface area (Å²) < 4.78 is 18.8. The third kappa shape index (κ3) is 9.35. The molecule has 4 nitrogen and oxygen atoms in total. The van der Waals surface area contributed by atoms with Crippen LogP contribution in [0.2, 0.25) is 0 Å². The molecule has 0 aromatic heterocycles. The molecule has 0 spiro atoms. The molecule has 0 aliphatic heterocycles. The molecule has 1 aromatic rings. The molecule has 0 aliphatic rings. The summed E-state index contributed by atoms with van der Waals surface area (Å²) in [5.74, 6) is 0. The number of aliphatic hydroxyl groups excluding tert-OH is 1. The van der Waals surface area contributed by atoms with Crippen LogP contribution < -0.4 is 0 Å². The van der Waals surface area contributed by atoms with E-state index in [-0.39, 0.29) is 0 Å². The minimum atomic E-state index is -3.23. The molecular formula is C22H40O4Si. The molecule has 156 valence electrons. The predicted octanol–water partition coefficient (Wildman–Crippen LogP) is 5.82. The fraction of sp³-hybridized carbons (Fsp3) is 0.727. The van der Waals surface area contributed by atoms with E-state index in [1.165, 1.54) is 0 Å². The number of hydrogen-bond donors (Lipinski definition) is 1. The van der Waals surface area contributed by atoms with Crippen LogP contribution >= 0.6 is 0 Å². The van der Waals surface area contributed by atoms with Crippen LogP contribution in [-0.2, 0) is 13.3 Å². The van der Waals surface area contributed by atoms with Gasteiger partial charge >= 0.3 is 8.80 Å². The Balaban J connectivity index is 2.91. The zero-order valence-corrected chi connectivity index (χ0v) is 18.6. The molecule has 0 amide bonds. The van der Waals surface area contributed by atoms with Gasteiger partial charge in [0.05, 0.1) is 0 Å². The lowest BCUT2D eigenvalue weighted by molar-refractivity contribution is 0.0104. The third-order valence-electron chi connectivity index (χ3n) is 4.60. The Hall–Kier alpha value is -0.723. The van der Waals surface area contributed by atoms with Gasteiger partial charge in [-0.25, -0.2) is 0 Å². The van der Waals surface area contributed by atoms with E-state index in [1.807, 2.05) is 30.3 Å². The first kappa shape index (κ1) is 24.3. The summed E-state index contributed by atoms with van der Waals surface area (Å²) in [6, 6.07) is 9.66. The Bertz CT molecular complexity index is 424. The molecule has 1 unspecified atom stereocenters. The first-order chi connectivity index (χ1) is 13.2. The number of hydrogen-bond acceptors (Lipinski definition) is 4. The second-order valence-electron chi connectivity index (χ2n) is 7.08. The summed E-state index contributed by atoms with van der Waals surface area (Å²) in [4.78, 5) is 0. The first-order valence-electron chi connectivity index (χ1n) is 10.8. The van der Waals surface area contributed by atoms with Gasteiger partial charge in [-0.05, 0) is 24.8 Å². The molecule has 0 saturated heterocycles.